The first-order valence-corrected chi connectivity index (χ1v) is 10.1. The van der Waals surface area contributed by atoms with E-state index < -0.39 is 11.7 Å². The van der Waals surface area contributed by atoms with Crippen LogP contribution in [0.1, 0.15) is 56.2 Å². The van der Waals surface area contributed by atoms with Gasteiger partial charge in [0.05, 0.1) is 11.4 Å². The van der Waals surface area contributed by atoms with Crippen molar-refractivity contribution < 1.29 is 18.4 Å². The predicted molar refractivity (Wildman–Crippen MR) is 116 cm³/mol. The number of fused-ring (bicyclic) bond motifs is 1. The van der Waals surface area contributed by atoms with Gasteiger partial charge in [-0.15, -0.1) is 0 Å². The quantitative estimate of drug-likeness (QED) is 0.598. The second-order valence-corrected chi connectivity index (χ2v) is 7.51. The predicted octanol–water partition coefficient (Wildman–Crippen LogP) is 4.76. The molecule has 0 saturated heterocycles. The van der Waals surface area contributed by atoms with E-state index in [9.17, 15) is 14.0 Å². The molecule has 0 atom stereocenters. The number of hydrogen-bond donors (Lipinski definition) is 2. The van der Waals surface area contributed by atoms with Crippen molar-refractivity contribution in [1.29, 1.82) is 0 Å². The van der Waals surface area contributed by atoms with Crippen molar-refractivity contribution >= 4 is 23.2 Å². The Kier molecular flexibility index (Phi) is 5.66. The van der Waals surface area contributed by atoms with Crippen molar-refractivity contribution in [3.63, 3.8) is 0 Å². The third-order valence-electron chi connectivity index (χ3n) is 5.23. The van der Waals surface area contributed by atoms with Crippen LogP contribution in [0.25, 0.3) is 0 Å². The lowest BCUT2D eigenvalue weighted by molar-refractivity contribution is 0.0953. The minimum atomic E-state index is -0.528. The molecule has 2 amide bonds. The van der Waals surface area contributed by atoms with Gasteiger partial charge in [-0.3, -0.25) is 9.59 Å². The van der Waals surface area contributed by atoms with Gasteiger partial charge in [-0.25, -0.2) is 9.82 Å². The number of anilines is 1. The van der Waals surface area contributed by atoms with Gasteiger partial charge in [-0.1, -0.05) is 29.8 Å². The monoisotopic (exact) mass is 419 g/mol. The van der Waals surface area contributed by atoms with Crippen LogP contribution >= 0.6 is 0 Å². The number of hydrogen-bond acceptors (Lipinski definition) is 4. The Labute approximate surface area is 179 Å². The fraction of sp³-hybridized carbons (Fsp3) is 0.208. The van der Waals surface area contributed by atoms with E-state index in [1.165, 1.54) is 12.1 Å². The second kappa shape index (κ2) is 8.55. The summed E-state index contributed by atoms with van der Waals surface area (Å²) in [6.45, 7) is 3.68. The molecule has 0 spiro atoms. The van der Waals surface area contributed by atoms with Crippen LogP contribution in [0.3, 0.4) is 0 Å². The summed E-state index contributed by atoms with van der Waals surface area (Å²) in [5.74, 6) is -0.591. The Balaban J connectivity index is 1.58. The Hall–Kier alpha value is -3.74. The number of hydrazone groups is 1. The van der Waals surface area contributed by atoms with Crippen molar-refractivity contribution in [2.24, 2.45) is 5.10 Å². The van der Waals surface area contributed by atoms with Crippen LogP contribution in [-0.4, -0.2) is 17.5 Å². The molecule has 0 radical (unpaired) electrons. The molecule has 158 valence electrons. The number of para-hydroxylation sites is 1. The van der Waals surface area contributed by atoms with Gasteiger partial charge in [-0.2, -0.15) is 5.10 Å². The largest absolute Gasteiger partial charge is 0.455 e. The maximum Gasteiger partial charge on any atom is 0.291 e. The molecule has 31 heavy (non-hydrogen) atoms. The molecule has 1 aliphatic rings. The zero-order chi connectivity index (χ0) is 22.0. The summed E-state index contributed by atoms with van der Waals surface area (Å²) in [5.41, 5.74) is 6.21. The van der Waals surface area contributed by atoms with Gasteiger partial charge in [0.2, 0.25) is 0 Å². The zero-order valence-corrected chi connectivity index (χ0v) is 17.3. The summed E-state index contributed by atoms with van der Waals surface area (Å²) < 4.78 is 19.7. The highest BCUT2D eigenvalue weighted by Crippen LogP contribution is 2.30. The van der Waals surface area contributed by atoms with Gasteiger partial charge >= 0.3 is 0 Å². The fourth-order valence-corrected chi connectivity index (χ4v) is 3.71. The number of nitrogens with zero attached hydrogens (tertiary/aromatic N) is 1. The van der Waals surface area contributed by atoms with Crippen LogP contribution in [-0.2, 0) is 6.42 Å². The van der Waals surface area contributed by atoms with Crippen molar-refractivity contribution in [3.05, 3.63) is 88.1 Å². The minimum absolute atomic E-state index is 0.0839. The molecule has 6 nitrogen and oxygen atoms in total. The lowest BCUT2D eigenvalue weighted by Gasteiger charge is -2.13. The molecule has 1 aromatic heterocycles. The normalized spacial score (nSPS) is 14.2. The highest BCUT2D eigenvalue weighted by atomic mass is 19.1. The molecule has 0 unspecified atom stereocenters. The average molecular weight is 419 g/mol. The SMILES string of the molecule is Cc1cccc(C(=O)N/N=C2\CCCc3oc(C(=O)Nc4ccccc4F)c(C)c32)c1. The number of benzene rings is 2. The molecule has 7 heteroatoms. The van der Waals surface area contributed by atoms with Gasteiger partial charge < -0.3 is 9.73 Å². The number of furan rings is 1. The summed E-state index contributed by atoms with van der Waals surface area (Å²) in [6, 6.07) is 13.2. The van der Waals surface area contributed by atoms with Crippen LogP contribution in [0.4, 0.5) is 10.1 Å². The van der Waals surface area contributed by atoms with E-state index in [1.807, 2.05) is 19.1 Å². The molecule has 2 aromatic carbocycles. The van der Waals surface area contributed by atoms with Gasteiger partial charge in [0.1, 0.15) is 11.6 Å². The minimum Gasteiger partial charge on any atom is -0.455 e. The van der Waals surface area contributed by atoms with Crippen molar-refractivity contribution in [3.8, 4) is 0 Å². The van der Waals surface area contributed by atoms with E-state index in [2.05, 4.69) is 15.8 Å². The molecule has 0 bridgehead atoms. The van der Waals surface area contributed by atoms with Gasteiger partial charge in [-0.05, 0) is 51.0 Å². The van der Waals surface area contributed by atoms with Gasteiger partial charge in [0.15, 0.2) is 5.76 Å². The van der Waals surface area contributed by atoms with Gasteiger partial charge in [0.25, 0.3) is 11.8 Å². The van der Waals surface area contributed by atoms with E-state index in [-0.39, 0.29) is 17.4 Å². The summed E-state index contributed by atoms with van der Waals surface area (Å²) in [6.07, 6.45) is 2.09. The van der Waals surface area contributed by atoms with E-state index in [1.54, 1.807) is 31.2 Å². The Morgan fingerprint density at radius 1 is 1.03 bits per heavy atom. The first kappa shape index (κ1) is 20.5. The highest BCUT2D eigenvalue weighted by molar-refractivity contribution is 6.09. The number of aryl methyl sites for hydroxylation is 2. The number of halogens is 1. The van der Waals surface area contributed by atoms with Gasteiger partial charge in [0, 0.05) is 23.1 Å². The molecular formula is C24H22FN3O3. The van der Waals surface area contributed by atoms with E-state index in [4.69, 9.17) is 4.42 Å². The second-order valence-electron chi connectivity index (χ2n) is 7.51. The lowest BCUT2D eigenvalue weighted by Crippen LogP contribution is -2.22. The van der Waals surface area contributed by atoms with E-state index in [0.717, 1.165) is 17.5 Å². The van der Waals surface area contributed by atoms with Crippen LogP contribution in [0.2, 0.25) is 0 Å². The number of rotatable bonds is 4. The zero-order valence-electron chi connectivity index (χ0n) is 17.3. The van der Waals surface area contributed by atoms with Crippen LogP contribution in [0.5, 0.6) is 0 Å². The highest BCUT2D eigenvalue weighted by Gasteiger charge is 2.28. The van der Waals surface area contributed by atoms with Crippen molar-refractivity contribution in [1.82, 2.24) is 5.43 Å². The summed E-state index contributed by atoms with van der Waals surface area (Å²) >= 11 is 0. The lowest BCUT2D eigenvalue weighted by atomic mass is 9.93. The number of nitrogens with one attached hydrogen (secondary N) is 2. The van der Waals surface area contributed by atoms with Crippen LogP contribution in [0, 0.1) is 19.7 Å². The fourth-order valence-electron chi connectivity index (χ4n) is 3.71. The molecule has 0 aliphatic heterocycles. The Morgan fingerprint density at radius 2 is 1.84 bits per heavy atom. The number of carbonyl (C=O) groups excluding carboxylic acids is 2. The maximum absolute atomic E-state index is 13.9. The number of amides is 2. The summed E-state index contributed by atoms with van der Waals surface area (Å²) in [5, 5.41) is 6.88. The topological polar surface area (TPSA) is 83.7 Å². The standard InChI is InChI=1S/C24H22FN3O3/c1-14-7-5-8-16(13-14)23(29)28-27-19-11-6-12-20-21(19)15(2)22(31-20)24(30)26-18-10-4-3-9-17(18)25/h3-5,7-10,13H,6,11-12H2,1-2H3,(H,26,30)(H,28,29)/b27-19+. The molecule has 0 saturated carbocycles. The average Bonchev–Trinajstić information content (AvgIpc) is 3.11. The molecule has 2 N–H and O–H groups in total. The number of carbonyl (C=O) groups is 2. The molecular weight excluding hydrogens is 397 g/mol. The molecule has 0 fully saturated rings. The first-order valence-electron chi connectivity index (χ1n) is 10.1. The molecule has 3 aromatic rings. The van der Waals surface area contributed by atoms with Crippen molar-refractivity contribution in [2.75, 3.05) is 5.32 Å². The van der Waals surface area contributed by atoms with Crippen LogP contribution < -0.4 is 10.7 Å². The Morgan fingerprint density at radius 3 is 2.61 bits per heavy atom. The van der Waals surface area contributed by atoms with Crippen LogP contribution in [0.15, 0.2) is 58.0 Å². The Bertz CT molecular complexity index is 1200. The third kappa shape index (κ3) is 4.26. The van der Waals surface area contributed by atoms with E-state index >= 15 is 0 Å². The molecule has 4 rings (SSSR count). The molecule has 1 aliphatic carbocycles. The molecule has 1 heterocycles. The smallest absolute Gasteiger partial charge is 0.291 e. The summed E-state index contributed by atoms with van der Waals surface area (Å²) in [4.78, 5) is 25.2. The maximum atomic E-state index is 13.9. The summed E-state index contributed by atoms with van der Waals surface area (Å²) in [7, 11) is 0. The third-order valence-corrected chi connectivity index (χ3v) is 5.23. The van der Waals surface area contributed by atoms with Crippen molar-refractivity contribution in [2.45, 2.75) is 33.1 Å². The van der Waals surface area contributed by atoms with E-state index in [0.29, 0.717) is 35.4 Å². The first-order chi connectivity index (χ1) is 14.9.